The fraction of sp³-hybridized carbons (Fsp3) is 0.426. The first-order valence-corrected chi connectivity index (χ1v) is 22.5. The van der Waals surface area contributed by atoms with Gasteiger partial charge in [-0.05, 0) is 132 Å². The van der Waals surface area contributed by atoms with Gasteiger partial charge >= 0.3 is 0 Å². The van der Waals surface area contributed by atoms with Crippen molar-refractivity contribution in [1.82, 2.24) is 29.0 Å². The third kappa shape index (κ3) is 10.6. The Bertz CT molecular complexity index is 2450. The molecule has 0 bridgehead atoms. The number of rotatable bonds is 16. The Kier molecular flexibility index (Phi) is 14.7. The van der Waals surface area contributed by atoms with Gasteiger partial charge in [-0.1, -0.05) is 12.1 Å². The summed E-state index contributed by atoms with van der Waals surface area (Å²) in [7, 11) is 1.79. The van der Waals surface area contributed by atoms with Gasteiger partial charge < -0.3 is 20.1 Å². The van der Waals surface area contributed by atoms with Crippen LogP contribution in [0.3, 0.4) is 0 Å². The summed E-state index contributed by atoms with van der Waals surface area (Å²) < 4.78 is 34.6. The lowest BCUT2D eigenvalue weighted by atomic mass is 9.71. The van der Waals surface area contributed by atoms with Crippen molar-refractivity contribution >= 4 is 77.0 Å². The summed E-state index contributed by atoms with van der Waals surface area (Å²) in [5, 5.41) is 8.84. The number of aliphatic imine (C=N–C) groups is 2. The van der Waals surface area contributed by atoms with E-state index in [-0.39, 0.29) is 65.6 Å². The molecule has 1 spiro atoms. The Morgan fingerprint density at radius 3 is 2.47 bits per heavy atom. The van der Waals surface area contributed by atoms with Crippen molar-refractivity contribution in [2.24, 2.45) is 15.4 Å². The van der Waals surface area contributed by atoms with Gasteiger partial charge in [0.25, 0.3) is 0 Å². The number of amides is 3. The number of benzene rings is 3. The number of imide groups is 1. The molecule has 64 heavy (non-hydrogen) atoms. The molecule has 4 heterocycles. The molecule has 14 nitrogen and oxygen atoms in total. The Balaban J connectivity index is 0.846. The Hall–Kier alpha value is -5.78. The monoisotopic (exact) mass is 894 g/mol. The maximum absolute atomic E-state index is 15.3. The summed E-state index contributed by atoms with van der Waals surface area (Å²) in [5.74, 6) is -1.24. The van der Waals surface area contributed by atoms with Gasteiger partial charge in [-0.3, -0.25) is 39.4 Å². The number of aldehydes is 1. The standard InChI is InChI=1S/C47H56F2N10O4S/c1-30(2)59-31(3)54-45-37(48)23-33(24-41(45)59)44(50-4)38(49)25-51-29-53-34-9-11-35(12-10-34)64-58-21-17-47(18-22-58)15-19-57(20-16-47)43(62)26-52-39-8-6-7-32(28-60)36(39)27-56(5)40-13-14-42(61)55-46(40)63/h6-12,23-25,28,30,40,52-53H,4,13-22,26-27,29H2,1-3,5H3,(H,55,61,63)/b44-38+,51-25-. The van der Waals surface area contributed by atoms with Crippen LogP contribution in [-0.4, -0.2) is 113 Å². The van der Waals surface area contributed by atoms with E-state index in [1.807, 2.05) is 65.5 Å². The molecule has 0 aliphatic carbocycles. The number of nitrogens with zero attached hydrogens (tertiary/aromatic N) is 7. The lowest BCUT2D eigenvalue weighted by Gasteiger charge is -2.46. The predicted octanol–water partition coefficient (Wildman–Crippen LogP) is 7.42. The topological polar surface area (TPSA) is 157 Å². The molecule has 1 aromatic heterocycles. The minimum atomic E-state index is -0.728. The smallest absolute Gasteiger partial charge is 0.243 e. The third-order valence-electron chi connectivity index (χ3n) is 12.6. The van der Waals surface area contributed by atoms with Crippen LogP contribution in [0.5, 0.6) is 0 Å². The molecule has 3 N–H and O–H groups in total. The SMILES string of the molecule is C=N/C(=C(F)\C=N/CNc1ccc(SN2CCC3(CC2)CCN(C(=O)CNc2cccc(C=O)c2CN(C)C2CCC(=O)NC2=O)CC3)cc1)c1cc(F)c2nc(C)n(C(C)C)c2c1. The zero-order valence-corrected chi connectivity index (χ0v) is 37.6. The molecule has 4 aromatic rings. The van der Waals surface area contributed by atoms with Crippen LogP contribution in [0.2, 0.25) is 0 Å². The van der Waals surface area contributed by atoms with Crippen molar-refractivity contribution < 1.29 is 28.0 Å². The number of hydrogen-bond acceptors (Lipinski definition) is 12. The van der Waals surface area contributed by atoms with Crippen molar-refractivity contribution in [2.75, 3.05) is 57.1 Å². The Morgan fingerprint density at radius 1 is 1.08 bits per heavy atom. The van der Waals surface area contributed by atoms with Crippen molar-refractivity contribution in [3.63, 3.8) is 0 Å². The highest BCUT2D eigenvalue weighted by molar-refractivity contribution is 7.97. The molecule has 3 aromatic carbocycles. The van der Waals surface area contributed by atoms with E-state index in [1.54, 1.807) is 37.2 Å². The van der Waals surface area contributed by atoms with Gasteiger partial charge in [0.15, 0.2) is 11.6 Å². The van der Waals surface area contributed by atoms with E-state index in [1.165, 1.54) is 6.07 Å². The first kappa shape index (κ1) is 46.2. The summed E-state index contributed by atoms with van der Waals surface area (Å²) in [4.78, 5) is 66.8. The summed E-state index contributed by atoms with van der Waals surface area (Å²) in [6, 6.07) is 15.8. The van der Waals surface area contributed by atoms with Gasteiger partial charge in [0.1, 0.15) is 30.0 Å². The van der Waals surface area contributed by atoms with Gasteiger partial charge in [0.2, 0.25) is 17.7 Å². The number of fused-ring (bicyclic) bond motifs is 1. The van der Waals surface area contributed by atoms with Crippen LogP contribution in [0.25, 0.3) is 16.7 Å². The number of allylic oxidation sites excluding steroid dienone is 1. The number of anilines is 2. The molecule has 7 rings (SSSR count). The van der Waals surface area contributed by atoms with Gasteiger partial charge in [0, 0.05) is 72.6 Å². The van der Waals surface area contributed by atoms with Crippen LogP contribution in [0.1, 0.15) is 85.7 Å². The number of aromatic nitrogens is 2. The molecule has 0 radical (unpaired) electrons. The summed E-state index contributed by atoms with van der Waals surface area (Å²) in [6.07, 6.45) is 6.53. The maximum atomic E-state index is 15.3. The number of nitrogens with one attached hydrogen (secondary N) is 3. The second-order valence-corrected chi connectivity index (χ2v) is 18.3. The highest BCUT2D eigenvalue weighted by Crippen LogP contribution is 2.43. The van der Waals surface area contributed by atoms with Crippen LogP contribution in [-0.2, 0) is 20.9 Å². The second kappa shape index (κ2) is 20.4. The zero-order chi connectivity index (χ0) is 45.5. The normalized spacial score (nSPS) is 18.5. The van der Waals surface area contributed by atoms with Crippen molar-refractivity contribution in [3.05, 3.63) is 88.8 Å². The summed E-state index contributed by atoms with van der Waals surface area (Å²) >= 11 is 1.73. The van der Waals surface area contributed by atoms with E-state index in [9.17, 15) is 19.2 Å². The second-order valence-electron chi connectivity index (χ2n) is 17.1. The van der Waals surface area contributed by atoms with Gasteiger partial charge in [0.05, 0.1) is 24.3 Å². The van der Waals surface area contributed by atoms with Crippen molar-refractivity contribution in [3.8, 4) is 0 Å². The van der Waals surface area contributed by atoms with E-state index >= 15 is 8.78 Å². The average molecular weight is 895 g/mol. The van der Waals surface area contributed by atoms with Crippen molar-refractivity contribution in [2.45, 2.75) is 82.8 Å². The number of likely N-dealkylation sites (N-methyl/N-ethyl adjacent to an activating group) is 1. The molecular weight excluding hydrogens is 839 g/mol. The largest absolute Gasteiger partial charge is 0.376 e. The molecule has 1 unspecified atom stereocenters. The van der Waals surface area contributed by atoms with Crippen LogP contribution < -0.4 is 16.0 Å². The summed E-state index contributed by atoms with van der Waals surface area (Å²) in [6.45, 7) is 13.1. The molecule has 338 valence electrons. The fourth-order valence-corrected chi connectivity index (χ4v) is 9.97. The lowest BCUT2D eigenvalue weighted by Crippen LogP contribution is -2.51. The highest BCUT2D eigenvalue weighted by Gasteiger charge is 2.39. The van der Waals surface area contributed by atoms with Crippen LogP contribution >= 0.6 is 11.9 Å². The first-order valence-electron chi connectivity index (χ1n) is 21.7. The molecule has 3 aliphatic rings. The number of halogens is 2. The molecule has 1 atom stereocenters. The molecule has 0 saturated carbocycles. The number of carbonyl (C=O) groups is 4. The zero-order valence-electron chi connectivity index (χ0n) is 36.8. The molecule has 17 heteroatoms. The lowest BCUT2D eigenvalue weighted by molar-refractivity contribution is -0.137. The van der Waals surface area contributed by atoms with E-state index < -0.39 is 17.7 Å². The van der Waals surface area contributed by atoms with Gasteiger partial charge in [-0.25, -0.2) is 18.1 Å². The fourth-order valence-electron chi connectivity index (χ4n) is 9.05. The minimum Gasteiger partial charge on any atom is -0.376 e. The number of carbonyl (C=O) groups excluding carboxylic acids is 4. The Labute approximate surface area is 376 Å². The molecule has 3 fully saturated rings. The number of aryl methyl sites for hydroxylation is 1. The summed E-state index contributed by atoms with van der Waals surface area (Å²) in [5.41, 5.74) is 3.84. The van der Waals surface area contributed by atoms with Gasteiger partial charge in [-0.2, -0.15) is 0 Å². The van der Waals surface area contributed by atoms with Crippen LogP contribution in [0.4, 0.5) is 20.2 Å². The molecular formula is C47H56F2N10O4S. The number of piperidine rings is 3. The van der Waals surface area contributed by atoms with Crippen LogP contribution in [0, 0.1) is 18.2 Å². The predicted molar refractivity (Wildman–Crippen MR) is 249 cm³/mol. The number of imidazole rings is 1. The van der Waals surface area contributed by atoms with E-state index in [2.05, 4.69) is 41.9 Å². The third-order valence-corrected chi connectivity index (χ3v) is 13.8. The first-order chi connectivity index (χ1) is 30.8. The van der Waals surface area contributed by atoms with E-state index in [4.69, 9.17) is 0 Å². The van der Waals surface area contributed by atoms with Gasteiger partial charge in [-0.15, -0.1) is 0 Å². The van der Waals surface area contributed by atoms with Crippen LogP contribution in [0.15, 0.2) is 75.3 Å². The highest BCUT2D eigenvalue weighted by atomic mass is 32.2. The molecule has 3 saturated heterocycles. The molecule has 3 amide bonds. The minimum absolute atomic E-state index is 0.00436. The number of likely N-dealkylation sites (tertiary alicyclic amines) is 1. The maximum Gasteiger partial charge on any atom is 0.243 e. The van der Waals surface area contributed by atoms with Crippen molar-refractivity contribution in [1.29, 1.82) is 0 Å². The van der Waals surface area contributed by atoms with E-state index in [0.29, 0.717) is 54.2 Å². The Morgan fingerprint density at radius 2 is 1.80 bits per heavy atom. The number of hydrogen-bond donors (Lipinski definition) is 3. The molecule has 3 aliphatic heterocycles. The average Bonchev–Trinajstić information content (AvgIpc) is 3.63. The quantitative estimate of drug-likeness (QED) is 0.0448. The van der Waals surface area contributed by atoms with E-state index in [0.717, 1.165) is 61.9 Å².